The van der Waals surface area contributed by atoms with Crippen molar-refractivity contribution in [3.05, 3.63) is 88.1 Å². The lowest BCUT2D eigenvalue weighted by Gasteiger charge is -2.27. The van der Waals surface area contributed by atoms with E-state index in [4.69, 9.17) is 16.3 Å². The quantitative estimate of drug-likeness (QED) is 0.757. The molecule has 0 spiro atoms. The van der Waals surface area contributed by atoms with Gasteiger partial charge in [0.1, 0.15) is 0 Å². The van der Waals surface area contributed by atoms with Gasteiger partial charge in [-0.3, -0.25) is 0 Å². The molecule has 1 atom stereocenters. The Kier molecular flexibility index (Phi) is 5.25. The third-order valence-corrected chi connectivity index (χ3v) is 4.54. The Hall–Kier alpha value is -2.52. The summed E-state index contributed by atoms with van der Waals surface area (Å²) in [6.45, 7) is 2.08. The molecule has 0 fully saturated rings. The number of carbonyl (C=O) groups excluding carboxylic acids is 1. The molecule has 3 rings (SSSR count). The summed E-state index contributed by atoms with van der Waals surface area (Å²) in [5.74, 6) is -0.345. The molecule has 4 heteroatoms. The van der Waals surface area contributed by atoms with Gasteiger partial charge in [0.15, 0.2) is 0 Å². The van der Waals surface area contributed by atoms with Crippen molar-refractivity contribution in [1.29, 1.82) is 0 Å². The third kappa shape index (κ3) is 3.94. The Morgan fingerprint density at radius 1 is 1.12 bits per heavy atom. The fourth-order valence-electron chi connectivity index (χ4n) is 3.12. The zero-order valence-corrected chi connectivity index (χ0v) is 15.0. The lowest BCUT2D eigenvalue weighted by molar-refractivity contribution is -0.136. The smallest absolute Gasteiger partial charge is 0.336 e. The molecule has 0 radical (unpaired) electrons. The molecule has 1 N–H and O–H groups in total. The number of nitrogens with one attached hydrogen (secondary N) is 1. The molecule has 128 valence electrons. The third-order valence-electron chi connectivity index (χ3n) is 4.29. The monoisotopic (exact) mass is 353 g/mol. The zero-order chi connectivity index (χ0) is 17.8. The van der Waals surface area contributed by atoms with Crippen LogP contribution < -0.4 is 5.32 Å². The van der Waals surface area contributed by atoms with Crippen molar-refractivity contribution in [3.8, 4) is 0 Å². The first-order valence-corrected chi connectivity index (χ1v) is 8.53. The van der Waals surface area contributed by atoms with Crippen LogP contribution in [0, 0.1) is 0 Å². The van der Waals surface area contributed by atoms with Gasteiger partial charge in [-0.05, 0) is 49.2 Å². The van der Waals surface area contributed by atoms with Crippen molar-refractivity contribution in [3.63, 3.8) is 0 Å². The van der Waals surface area contributed by atoms with E-state index >= 15 is 0 Å². The normalized spacial score (nSPS) is 17.1. The van der Waals surface area contributed by atoms with Crippen molar-refractivity contribution in [2.24, 2.45) is 0 Å². The molecule has 0 aliphatic heterocycles. The van der Waals surface area contributed by atoms with Crippen LogP contribution in [0.1, 0.15) is 24.8 Å². The van der Waals surface area contributed by atoms with Crippen LogP contribution in [0.2, 0.25) is 5.02 Å². The maximum atomic E-state index is 12.5. The van der Waals surface area contributed by atoms with Crippen molar-refractivity contribution in [2.75, 3.05) is 12.4 Å². The Morgan fingerprint density at radius 3 is 2.44 bits per heavy atom. The highest BCUT2D eigenvalue weighted by Crippen LogP contribution is 2.38. The molecule has 0 saturated carbocycles. The number of carbonyl (C=O) groups is 1. The number of benzene rings is 2. The number of allylic oxidation sites excluding steroid dienone is 2. The van der Waals surface area contributed by atoms with Gasteiger partial charge in [-0.1, -0.05) is 47.5 Å². The summed E-state index contributed by atoms with van der Waals surface area (Å²) < 4.78 is 5.08. The standard InChI is InChI=1S/C21H20ClNO2/c1-14-12-18(15-6-4-3-5-7-15)20(21(24)25-2)19(13-14)23-17-10-8-16(22)9-11-17/h3-11,13,18,23H,12H2,1-2H3. The lowest BCUT2D eigenvalue weighted by Crippen LogP contribution is -2.21. The van der Waals surface area contributed by atoms with Gasteiger partial charge in [0.05, 0.1) is 12.7 Å². The second kappa shape index (κ2) is 7.58. The minimum atomic E-state index is -0.311. The second-order valence-corrected chi connectivity index (χ2v) is 6.55. The molecule has 0 heterocycles. The molecule has 3 nitrogen and oxygen atoms in total. The molecule has 2 aromatic rings. The Bertz CT molecular complexity index is 823. The molecule has 1 aliphatic carbocycles. The van der Waals surface area contributed by atoms with E-state index in [1.165, 1.54) is 12.7 Å². The molecule has 0 bridgehead atoms. The van der Waals surface area contributed by atoms with Crippen LogP contribution in [-0.4, -0.2) is 13.1 Å². The number of hydrogen-bond donors (Lipinski definition) is 1. The van der Waals surface area contributed by atoms with Crippen LogP contribution in [-0.2, 0) is 9.53 Å². The Morgan fingerprint density at radius 2 is 1.80 bits per heavy atom. The average molecular weight is 354 g/mol. The van der Waals surface area contributed by atoms with Crippen molar-refractivity contribution in [2.45, 2.75) is 19.3 Å². The topological polar surface area (TPSA) is 38.3 Å². The molecule has 0 amide bonds. The number of halogens is 1. The fraction of sp³-hybridized carbons (Fsp3) is 0.190. The van der Waals surface area contributed by atoms with E-state index in [1.54, 1.807) is 0 Å². The SMILES string of the molecule is COC(=O)C1=C(Nc2ccc(Cl)cc2)C=C(C)CC1c1ccccc1. The molecule has 0 saturated heterocycles. The summed E-state index contributed by atoms with van der Waals surface area (Å²) >= 11 is 5.96. The largest absolute Gasteiger partial charge is 0.466 e. The summed E-state index contributed by atoms with van der Waals surface area (Å²) in [6, 6.07) is 17.5. The van der Waals surface area contributed by atoms with Crippen LogP contribution in [0.5, 0.6) is 0 Å². The Balaban J connectivity index is 2.06. The molecule has 2 aromatic carbocycles. The van der Waals surface area contributed by atoms with Crippen LogP contribution in [0.25, 0.3) is 0 Å². The number of anilines is 1. The first-order valence-electron chi connectivity index (χ1n) is 8.15. The number of methoxy groups -OCH3 is 1. The first-order chi connectivity index (χ1) is 12.1. The van der Waals surface area contributed by atoms with Crippen molar-refractivity contribution >= 4 is 23.3 Å². The van der Waals surface area contributed by atoms with Crippen molar-refractivity contribution in [1.82, 2.24) is 0 Å². The minimum absolute atomic E-state index is 0.0338. The van der Waals surface area contributed by atoms with Gasteiger partial charge >= 0.3 is 5.97 Å². The van der Waals surface area contributed by atoms with Gasteiger partial charge in [0.2, 0.25) is 0 Å². The number of rotatable bonds is 4. The highest BCUT2D eigenvalue weighted by atomic mass is 35.5. The predicted octanol–water partition coefficient (Wildman–Crippen LogP) is 5.31. The number of hydrogen-bond acceptors (Lipinski definition) is 3. The van der Waals surface area contributed by atoms with Gasteiger partial charge in [-0.2, -0.15) is 0 Å². The maximum Gasteiger partial charge on any atom is 0.336 e. The number of esters is 1. The van der Waals surface area contributed by atoms with E-state index in [1.807, 2.05) is 60.7 Å². The molecule has 1 unspecified atom stereocenters. The highest BCUT2D eigenvalue weighted by molar-refractivity contribution is 6.30. The highest BCUT2D eigenvalue weighted by Gasteiger charge is 2.30. The summed E-state index contributed by atoms with van der Waals surface area (Å²) in [5.41, 5.74) is 4.60. The predicted molar refractivity (Wildman–Crippen MR) is 102 cm³/mol. The van der Waals surface area contributed by atoms with Crippen LogP contribution in [0.15, 0.2) is 77.5 Å². The number of ether oxygens (including phenoxy) is 1. The maximum absolute atomic E-state index is 12.5. The van der Waals surface area contributed by atoms with E-state index in [2.05, 4.69) is 12.2 Å². The lowest BCUT2D eigenvalue weighted by atomic mass is 9.81. The van der Waals surface area contributed by atoms with E-state index in [0.717, 1.165) is 23.4 Å². The summed E-state index contributed by atoms with van der Waals surface area (Å²) in [6.07, 6.45) is 2.81. The second-order valence-electron chi connectivity index (χ2n) is 6.11. The van der Waals surface area contributed by atoms with Crippen LogP contribution in [0.4, 0.5) is 5.69 Å². The minimum Gasteiger partial charge on any atom is -0.466 e. The van der Waals surface area contributed by atoms with Gasteiger partial charge in [-0.15, -0.1) is 0 Å². The van der Waals surface area contributed by atoms with E-state index < -0.39 is 0 Å². The van der Waals surface area contributed by atoms with Gasteiger partial charge < -0.3 is 10.1 Å². The molecular formula is C21H20ClNO2. The Labute approximate surface area is 153 Å². The van der Waals surface area contributed by atoms with Gasteiger partial charge in [-0.25, -0.2) is 4.79 Å². The van der Waals surface area contributed by atoms with Crippen LogP contribution in [0.3, 0.4) is 0 Å². The summed E-state index contributed by atoms with van der Waals surface area (Å²) in [5, 5.41) is 4.02. The summed E-state index contributed by atoms with van der Waals surface area (Å²) in [7, 11) is 1.42. The van der Waals surface area contributed by atoms with Crippen LogP contribution >= 0.6 is 11.6 Å². The fourth-order valence-corrected chi connectivity index (χ4v) is 3.24. The zero-order valence-electron chi connectivity index (χ0n) is 14.3. The molecular weight excluding hydrogens is 334 g/mol. The first kappa shape index (κ1) is 17.3. The van der Waals surface area contributed by atoms with E-state index in [9.17, 15) is 4.79 Å². The summed E-state index contributed by atoms with van der Waals surface area (Å²) in [4.78, 5) is 12.5. The van der Waals surface area contributed by atoms with E-state index in [0.29, 0.717) is 10.6 Å². The van der Waals surface area contributed by atoms with E-state index in [-0.39, 0.29) is 11.9 Å². The van der Waals surface area contributed by atoms with Crippen molar-refractivity contribution < 1.29 is 9.53 Å². The van der Waals surface area contributed by atoms with Gasteiger partial charge in [0, 0.05) is 22.3 Å². The van der Waals surface area contributed by atoms with Gasteiger partial charge in [0.25, 0.3) is 0 Å². The molecule has 0 aromatic heterocycles. The average Bonchev–Trinajstić information content (AvgIpc) is 2.63. The molecule has 1 aliphatic rings. The molecule has 25 heavy (non-hydrogen) atoms.